The Balaban J connectivity index is 2.28. The van der Waals surface area contributed by atoms with Crippen LogP contribution in [-0.2, 0) is 57.5 Å². The van der Waals surface area contributed by atoms with E-state index in [4.69, 9.17) is 5.73 Å². The van der Waals surface area contributed by atoms with Crippen LogP contribution in [-0.4, -0.2) is 170 Å². The molecule has 12 N–H and O–H groups in total. The average Bonchev–Trinajstić information content (AvgIpc) is 4.05. The lowest BCUT2D eigenvalue weighted by atomic mass is 9.96. The summed E-state index contributed by atoms with van der Waals surface area (Å²) in [5, 5.41) is 34.3. The quantitative estimate of drug-likeness (QED) is 0.0445. The maximum Gasteiger partial charge on any atom is 0.248 e. The molecule has 0 radical (unpaired) electrons. The van der Waals surface area contributed by atoms with Crippen LogP contribution < -0.4 is 53.6 Å². The first-order valence-corrected chi connectivity index (χ1v) is 29.0. The summed E-state index contributed by atoms with van der Waals surface area (Å²) in [4.78, 5) is 166. The molecule has 8 atom stereocenters. The van der Waals surface area contributed by atoms with E-state index in [0.29, 0.717) is 25.7 Å². The molecule has 0 aliphatic carbocycles. The third-order valence-corrected chi connectivity index (χ3v) is 14.4. The number of rotatable bonds is 31. The topological polar surface area (TPSA) is 366 Å². The Bertz CT molecular complexity index is 2300. The molecule has 0 aromatic rings. The fourth-order valence-electron chi connectivity index (χ4n) is 10.1. The number of likely N-dealkylation sites (tertiary alicyclic amines) is 2. The van der Waals surface area contributed by atoms with Gasteiger partial charge in [-0.25, -0.2) is 0 Å². The smallest absolute Gasteiger partial charge is 0.248 e. The van der Waals surface area contributed by atoms with E-state index in [1.165, 1.54) is 58.3 Å². The molecule has 2 rings (SSSR count). The summed E-state index contributed by atoms with van der Waals surface area (Å²) in [6.45, 7) is 28.2. The largest absolute Gasteiger partial charge is 0.394 e. The minimum absolute atomic E-state index is 0.109. The number of carbonyl (C=O) groups excluding carboxylic acids is 12. The van der Waals surface area contributed by atoms with E-state index in [1.807, 2.05) is 41.5 Å². The molecule has 12 amide bonds. The highest BCUT2D eigenvalue weighted by Crippen LogP contribution is 2.25. The van der Waals surface area contributed by atoms with E-state index in [2.05, 4.69) is 47.9 Å². The van der Waals surface area contributed by atoms with Crippen molar-refractivity contribution >= 4 is 70.9 Å². The molecule has 2 fully saturated rings. The Labute approximate surface area is 485 Å². The van der Waals surface area contributed by atoms with E-state index in [-0.39, 0.29) is 75.5 Å². The molecule has 82 heavy (non-hydrogen) atoms. The number of nitrogens with one attached hydrogen (secondary N) is 9. The Kier molecular flexibility index (Phi) is 27.4. The Morgan fingerprint density at radius 3 is 1.34 bits per heavy atom. The predicted octanol–water partition coefficient (Wildman–Crippen LogP) is 0.290. The van der Waals surface area contributed by atoms with Crippen molar-refractivity contribution in [1.82, 2.24) is 57.7 Å². The molecule has 2 saturated heterocycles. The van der Waals surface area contributed by atoms with Crippen molar-refractivity contribution in [2.45, 2.75) is 240 Å². The van der Waals surface area contributed by atoms with Gasteiger partial charge in [0.15, 0.2) is 0 Å². The van der Waals surface area contributed by atoms with E-state index < -0.39 is 142 Å². The number of primary amides is 1. The van der Waals surface area contributed by atoms with Gasteiger partial charge < -0.3 is 68.5 Å². The van der Waals surface area contributed by atoms with Crippen LogP contribution in [0.4, 0.5) is 0 Å². The van der Waals surface area contributed by atoms with E-state index >= 15 is 0 Å². The average molecular weight is 1160 g/mol. The summed E-state index contributed by atoms with van der Waals surface area (Å²) in [5.74, 6) is -8.95. The highest BCUT2D eigenvalue weighted by Gasteiger charge is 2.46. The van der Waals surface area contributed by atoms with Crippen molar-refractivity contribution < 1.29 is 62.6 Å². The fourth-order valence-corrected chi connectivity index (χ4v) is 10.1. The van der Waals surface area contributed by atoms with Crippen molar-refractivity contribution in [3.8, 4) is 0 Å². The van der Waals surface area contributed by atoms with Gasteiger partial charge in [-0.3, -0.25) is 57.5 Å². The molecule has 25 heteroatoms. The van der Waals surface area contributed by atoms with E-state index in [0.717, 1.165) is 0 Å². The molecule has 2 heterocycles. The van der Waals surface area contributed by atoms with Crippen molar-refractivity contribution in [2.75, 3.05) is 19.7 Å². The molecule has 466 valence electrons. The summed E-state index contributed by atoms with van der Waals surface area (Å²) < 4.78 is 0. The number of hydrogen-bond acceptors (Lipinski definition) is 13. The van der Waals surface area contributed by atoms with Gasteiger partial charge in [0.25, 0.3) is 0 Å². The lowest BCUT2D eigenvalue weighted by Crippen LogP contribution is -2.64. The molecule has 0 unspecified atom stereocenters. The molecule has 0 saturated carbocycles. The maximum atomic E-state index is 14.4. The number of nitrogens with zero attached hydrogens (tertiary/aromatic N) is 2. The summed E-state index contributed by atoms with van der Waals surface area (Å²) in [6.07, 6.45) is 1.95. The van der Waals surface area contributed by atoms with Crippen LogP contribution >= 0.6 is 0 Å². The fraction of sp³-hybridized carbons (Fsp3) is 0.789. The number of amides is 12. The van der Waals surface area contributed by atoms with Gasteiger partial charge in [0, 0.05) is 26.4 Å². The Hall–Kier alpha value is -6.40. The molecule has 2 aliphatic rings. The van der Waals surface area contributed by atoms with Crippen LogP contribution in [0.2, 0.25) is 0 Å². The van der Waals surface area contributed by atoms with Gasteiger partial charge in [-0.15, -0.1) is 0 Å². The molecule has 0 aromatic carbocycles. The zero-order valence-electron chi connectivity index (χ0n) is 51.8. The number of aliphatic hydroxyl groups excluding tert-OH is 1. The number of nitrogens with two attached hydrogens (primary N) is 1. The Morgan fingerprint density at radius 1 is 0.500 bits per heavy atom. The second-order valence-electron chi connectivity index (χ2n) is 25.7. The van der Waals surface area contributed by atoms with Crippen LogP contribution in [0.3, 0.4) is 0 Å². The first kappa shape index (κ1) is 71.7. The molecule has 2 aliphatic heterocycles. The normalized spacial score (nSPS) is 18.0. The van der Waals surface area contributed by atoms with Gasteiger partial charge in [0.2, 0.25) is 70.9 Å². The second kappa shape index (κ2) is 31.3. The molecule has 0 spiro atoms. The first-order chi connectivity index (χ1) is 37.8. The third kappa shape index (κ3) is 21.7. The monoisotopic (exact) mass is 1160 g/mol. The van der Waals surface area contributed by atoms with E-state index in [1.54, 1.807) is 27.7 Å². The SMILES string of the molecule is CC(=O)NC(C)(C)C(=O)N[C@@H](CCC(N)=O)C(=O)N[C@@H](C(=O)N[C@@H](C(=O)NC(C)(C)C(=O)N1CCC[C@H]1C(=O)N[C@H](CC(C)C)C(=O)N[C@H](CC(C)C)C(=O)NC(C)(C)C(=O)N1CCC[C@@H]1C(=O)N[C@H](CO)CC(C)C)C(C)C)C(C)C. The summed E-state index contributed by atoms with van der Waals surface area (Å²) >= 11 is 0. The zero-order chi connectivity index (χ0) is 62.9. The molecule has 0 bridgehead atoms. The number of carbonyl (C=O) groups is 12. The van der Waals surface area contributed by atoms with Crippen molar-refractivity contribution in [2.24, 2.45) is 35.3 Å². The zero-order valence-corrected chi connectivity index (χ0v) is 51.8. The predicted molar refractivity (Wildman–Crippen MR) is 307 cm³/mol. The first-order valence-electron chi connectivity index (χ1n) is 29.0. The van der Waals surface area contributed by atoms with Crippen molar-refractivity contribution in [3.05, 3.63) is 0 Å². The van der Waals surface area contributed by atoms with Crippen molar-refractivity contribution in [3.63, 3.8) is 0 Å². The molecule has 0 aromatic heterocycles. The van der Waals surface area contributed by atoms with Gasteiger partial charge in [-0.1, -0.05) is 69.2 Å². The van der Waals surface area contributed by atoms with Gasteiger partial charge in [-0.2, -0.15) is 0 Å². The van der Waals surface area contributed by atoms with Gasteiger partial charge in [-0.05, 0) is 122 Å². The lowest BCUT2D eigenvalue weighted by Gasteiger charge is -2.36. The van der Waals surface area contributed by atoms with Crippen LogP contribution in [0, 0.1) is 29.6 Å². The van der Waals surface area contributed by atoms with Crippen LogP contribution in [0.5, 0.6) is 0 Å². The van der Waals surface area contributed by atoms with Crippen LogP contribution in [0.15, 0.2) is 0 Å². The molecule has 25 nitrogen and oxygen atoms in total. The van der Waals surface area contributed by atoms with E-state index in [9.17, 15) is 62.6 Å². The summed E-state index contributed by atoms with van der Waals surface area (Å²) in [7, 11) is 0. The standard InChI is InChI=1S/C57H100N12O13/c1-30(2)26-36(29-70)59-48(76)40-20-18-24-68(40)53(81)56(14,15)66-47(75)39(28-32(5)6)60-46(74)38(27-31(3)4)61-49(77)41-21-19-25-69(41)54(82)57(16,17)67-51(79)44(34(9)10)64-50(78)43(33(7)8)63-45(73)37(22-23-42(58)72)62-52(80)55(12,13)65-35(11)71/h30-34,36-41,43-44,70H,18-29H2,1-17H3,(H2,58,72)(H,59,76)(H,60,74)(H,61,77)(H,62,80)(H,63,73)(H,64,78)(H,65,71)(H,66,75)(H,67,79)/t36-,37-,38+,39+,40+,41-,43+,44+/m0/s1. The van der Waals surface area contributed by atoms with Crippen LogP contribution in [0.25, 0.3) is 0 Å². The van der Waals surface area contributed by atoms with Gasteiger partial charge in [0.05, 0.1) is 12.6 Å². The minimum atomic E-state index is -1.65. The van der Waals surface area contributed by atoms with Gasteiger partial charge in [0.1, 0.15) is 58.9 Å². The second-order valence-corrected chi connectivity index (χ2v) is 25.7. The summed E-state index contributed by atoms with van der Waals surface area (Å²) in [5.41, 5.74) is 0.735. The lowest BCUT2D eigenvalue weighted by molar-refractivity contribution is -0.146. The highest BCUT2D eigenvalue weighted by molar-refractivity contribution is 6.00. The maximum absolute atomic E-state index is 14.4. The summed E-state index contributed by atoms with van der Waals surface area (Å²) in [6, 6.07) is -8.51. The number of aliphatic hydroxyl groups is 1. The number of hydrogen-bond donors (Lipinski definition) is 11. The Morgan fingerprint density at radius 2 is 0.915 bits per heavy atom. The van der Waals surface area contributed by atoms with Gasteiger partial charge >= 0.3 is 0 Å². The molecular weight excluding hydrogens is 1060 g/mol. The third-order valence-electron chi connectivity index (χ3n) is 14.4. The minimum Gasteiger partial charge on any atom is -0.394 e. The van der Waals surface area contributed by atoms with Crippen molar-refractivity contribution in [1.29, 1.82) is 0 Å². The highest BCUT2D eigenvalue weighted by atomic mass is 16.3. The van der Waals surface area contributed by atoms with Crippen LogP contribution in [0.1, 0.15) is 175 Å². The molecular formula is C57H100N12O13.